The van der Waals surface area contributed by atoms with Crippen molar-refractivity contribution in [2.24, 2.45) is 5.92 Å². The van der Waals surface area contributed by atoms with Crippen LogP contribution in [0.15, 0.2) is 0 Å². The van der Waals surface area contributed by atoms with Gasteiger partial charge in [0.15, 0.2) is 0 Å². The highest BCUT2D eigenvalue weighted by molar-refractivity contribution is 6.48. The maximum atomic E-state index is 13.1. The van der Waals surface area contributed by atoms with Gasteiger partial charge >= 0.3 is 7.12 Å². The number of carbonyl (C=O) groups excluding carboxylic acids is 1. The fraction of sp³-hybridized carbons (Fsp3) is 0.960. The summed E-state index contributed by atoms with van der Waals surface area (Å²) in [5.41, 5.74) is -0.778. The molecule has 31 heavy (non-hydrogen) atoms. The quantitative estimate of drug-likeness (QED) is 0.371. The Hall–Kier alpha value is -0.425. The summed E-state index contributed by atoms with van der Waals surface area (Å²) in [7, 11) is -0.348. The minimum atomic E-state index is -0.390. The van der Waals surface area contributed by atoms with E-state index in [-0.39, 0.29) is 31.1 Å². The summed E-state index contributed by atoms with van der Waals surface area (Å²) in [4.78, 5) is 13.1. The third-order valence-corrected chi connectivity index (χ3v) is 8.66. The van der Waals surface area contributed by atoms with Crippen molar-refractivity contribution in [2.75, 3.05) is 6.61 Å². The van der Waals surface area contributed by atoms with Gasteiger partial charge in [0.1, 0.15) is 5.78 Å². The summed E-state index contributed by atoms with van der Waals surface area (Å²) < 4.78 is 13.1. The molecule has 0 bridgehead atoms. The molecule has 3 rings (SSSR count). The molecule has 1 saturated carbocycles. The van der Waals surface area contributed by atoms with E-state index in [1.807, 2.05) is 0 Å². The highest BCUT2D eigenvalue weighted by atomic mass is 16.7. The van der Waals surface area contributed by atoms with Crippen molar-refractivity contribution in [1.82, 2.24) is 5.32 Å². The number of ketones is 1. The van der Waals surface area contributed by atoms with Gasteiger partial charge in [0.25, 0.3) is 0 Å². The Morgan fingerprint density at radius 3 is 2.39 bits per heavy atom. The second kappa shape index (κ2) is 10.2. The molecule has 0 radical (unpaired) electrons. The average molecular weight is 435 g/mol. The Balaban J connectivity index is 1.80. The van der Waals surface area contributed by atoms with Crippen molar-refractivity contribution in [3.63, 3.8) is 0 Å². The molecule has 0 amide bonds. The molecule has 2 aliphatic heterocycles. The second-order valence-corrected chi connectivity index (χ2v) is 11.4. The van der Waals surface area contributed by atoms with E-state index in [9.17, 15) is 9.90 Å². The van der Waals surface area contributed by atoms with Gasteiger partial charge in [-0.15, -0.1) is 0 Å². The van der Waals surface area contributed by atoms with Crippen LogP contribution in [0.2, 0.25) is 5.82 Å². The van der Waals surface area contributed by atoms with Crippen molar-refractivity contribution in [1.29, 1.82) is 0 Å². The molecule has 6 heteroatoms. The van der Waals surface area contributed by atoms with Gasteiger partial charge in [-0.25, -0.2) is 0 Å². The van der Waals surface area contributed by atoms with E-state index in [0.717, 1.165) is 38.5 Å². The SMILES string of the molecule is CCCCCCC(=O)C[C@H](B1OC(C)(C)C(C)(C)O1)[C@@H]1CCCC[C@@]12CC[C@H](CO)N2. The summed E-state index contributed by atoms with van der Waals surface area (Å²) >= 11 is 0. The first-order valence-electron chi connectivity index (χ1n) is 12.9. The topological polar surface area (TPSA) is 67.8 Å². The number of Topliss-reactive ketones (excluding diaryl/α,β-unsaturated/α-hetero) is 1. The van der Waals surface area contributed by atoms with Gasteiger partial charge < -0.3 is 19.7 Å². The van der Waals surface area contributed by atoms with Crippen LogP contribution < -0.4 is 5.32 Å². The Morgan fingerprint density at radius 1 is 1.06 bits per heavy atom. The zero-order valence-corrected chi connectivity index (χ0v) is 20.7. The first-order chi connectivity index (χ1) is 14.6. The molecular weight excluding hydrogens is 389 g/mol. The van der Waals surface area contributed by atoms with Gasteiger partial charge in [-0.1, -0.05) is 39.0 Å². The van der Waals surface area contributed by atoms with Crippen molar-refractivity contribution in [3.05, 3.63) is 0 Å². The Kier molecular flexibility index (Phi) is 8.32. The van der Waals surface area contributed by atoms with Crippen LogP contribution in [-0.2, 0) is 14.1 Å². The highest BCUT2D eigenvalue weighted by Crippen LogP contribution is 2.52. The molecule has 0 aromatic heterocycles. The maximum absolute atomic E-state index is 13.1. The van der Waals surface area contributed by atoms with Crippen molar-refractivity contribution >= 4 is 12.9 Å². The molecule has 2 N–H and O–H groups in total. The van der Waals surface area contributed by atoms with E-state index in [2.05, 4.69) is 39.9 Å². The number of unbranched alkanes of at least 4 members (excludes halogenated alkanes) is 3. The lowest BCUT2D eigenvalue weighted by molar-refractivity contribution is -0.119. The van der Waals surface area contributed by atoms with Crippen LogP contribution in [0.4, 0.5) is 0 Å². The Labute approximate surface area is 190 Å². The molecule has 3 aliphatic rings. The summed E-state index contributed by atoms with van der Waals surface area (Å²) in [6, 6.07) is 0.171. The predicted molar refractivity (Wildman–Crippen MR) is 126 cm³/mol. The summed E-state index contributed by atoms with van der Waals surface area (Å²) in [6.07, 6.45) is 12.4. The highest BCUT2D eigenvalue weighted by Gasteiger charge is 2.58. The molecule has 5 nitrogen and oxygen atoms in total. The van der Waals surface area contributed by atoms with Gasteiger partial charge in [-0.05, 0) is 65.7 Å². The molecule has 178 valence electrons. The molecule has 2 saturated heterocycles. The van der Waals surface area contributed by atoms with Crippen LogP contribution in [0.1, 0.15) is 112 Å². The molecule has 1 spiro atoms. The third kappa shape index (κ3) is 5.56. The number of aliphatic hydroxyl groups is 1. The molecular formula is C25H46BNO4. The summed E-state index contributed by atoms with van der Waals surface area (Å²) in [5.74, 6) is 0.755. The number of nitrogens with one attached hydrogen (secondary N) is 1. The van der Waals surface area contributed by atoms with E-state index in [4.69, 9.17) is 9.31 Å². The lowest BCUT2D eigenvalue weighted by Gasteiger charge is -2.46. The third-order valence-electron chi connectivity index (χ3n) is 8.66. The number of carbonyl (C=O) groups is 1. The van der Waals surface area contributed by atoms with Crippen LogP contribution in [0.5, 0.6) is 0 Å². The van der Waals surface area contributed by atoms with E-state index < -0.39 is 11.2 Å². The molecule has 2 heterocycles. The van der Waals surface area contributed by atoms with Crippen molar-refractivity contribution in [2.45, 2.75) is 140 Å². The van der Waals surface area contributed by atoms with Gasteiger partial charge in [-0.2, -0.15) is 0 Å². The number of hydrogen-bond donors (Lipinski definition) is 2. The van der Waals surface area contributed by atoms with Gasteiger partial charge in [0.2, 0.25) is 0 Å². The number of hydrogen-bond acceptors (Lipinski definition) is 5. The fourth-order valence-corrected chi connectivity index (χ4v) is 6.10. The van der Waals surface area contributed by atoms with Gasteiger partial charge in [-0.3, -0.25) is 4.79 Å². The first-order valence-corrected chi connectivity index (χ1v) is 12.9. The average Bonchev–Trinajstić information content (AvgIpc) is 3.21. The zero-order valence-electron chi connectivity index (χ0n) is 20.7. The first kappa shape index (κ1) is 25.2. The summed E-state index contributed by atoms with van der Waals surface area (Å²) in [6.45, 7) is 10.8. The van der Waals surface area contributed by atoms with Crippen LogP contribution in [0.3, 0.4) is 0 Å². The van der Waals surface area contributed by atoms with Gasteiger partial charge in [0.05, 0.1) is 17.8 Å². The Bertz CT molecular complexity index is 594. The van der Waals surface area contributed by atoms with E-state index >= 15 is 0 Å². The monoisotopic (exact) mass is 435 g/mol. The molecule has 3 fully saturated rings. The lowest BCUT2D eigenvalue weighted by Crippen LogP contribution is -2.55. The maximum Gasteiger partial charge on any atom is 0.461 e. The zero-order chi connectivity index (χ0) is 22.7. The Morgan fingerprint density at radius 2 is 1.77 bits per heavy atom. The fourth-order valence-electron chi connectivity index (χ4n) is 6.10. The minimum Gasteiger partial charge on any atom is -0.403 e. The molecule has 0 unspecified atom stereocenters. The van der Waals surface area contributed by atoms with Crippen LogP contribution in [0.25, 0.3) is 0 Å². The lowest BCUT2D eigenvalue weighted by atomic mass is 9.54. The van der Waals surface area contributed by atoms with E-state index in [1.165, 1.54) is 25.7 Å². The molecule has 4 atom stereocenters. The smallest absolute Gasteiger partial charge is 0.403 e. The normalized spacial score (nSPS) is 33.2. The van der Waals surface area contributed by atoms with Crippen molar-refractivity contribution in [3.8, 4) is 0 Å². The number of rotatable bonds is 10. The van der Waals surface area contributed by atoms with Crippen LogP contribution in [0, 0.1) is 5.92 Å². The predicted octanol–water partition coefficient (Wildman–Crippen LogP) is 5.05. The van der Waals surface area contributed by atoms with Gasteiger partial charge in [0, 0.05) is 30.2 Å². The minimum absolute atomic E-state index is 0.00238. The second-order valence-electron chi connectivity index (χ2n) is 11.4. The van der Waals surface area contributed by atoms with Crippen molar-refractivity contribution < 1.29 is 19.2 Å². The number of aliphatic hydroxyl groups excluding tert-OH is 1. The molecule has 0 aromatic rings. The van der Waals surface area contributed by atoms with E-state index in [0.29, 0.717) is 24.5 Å². The van der Waals surface area contributed by atoms with E-state index in [1.54, 1.807) is 0 Å². The largest absolute Gasteiger partial charge is 0.461 e. The standard InChI is InChI=1S/C25H46BNO4/c1-6-7-8-9-12-20(29)17-22(26-30-23(2,3)24(4,5)31-26)21-13-10-11-15-25(21)16-14-19(18-28)27-25/h19,21-22,27-28H,6-18H2,1-5H3/t19-,21+,22+,25-/m1/s1. The molecule has 0 aromatic carbocycles. The van der Waals surface area contributed by atoms with Crippen LogP contribution in [-0.4, -0.2) is 47.4 Å². The summed E-state index contributed by atoms with van der Waals surface area (Å²) in [5, 5.41) is 13.6. The molecule has 1 aliphatic carbocycles. The van der Waals surface area contributed by atoms with Crippen LogP contribution >= 0.6 is 0 Å².